The standard InChI is InChI=1S/C11H22O4P.C6H2/c1-6-11(12)7-10(9(2)14-3)8-15-16(4,5)13;1-3-5-6-4-2/h9-10H,4,6-8H2,1-3,5H3;1-2H/q-1;/t9-,10-,16-;/m1./s1. The third-order valence-corrected chi connectivity index (χ3v) is 3.38. The van der Waals surface area contributed by atoms with Crippen molar-refractivity contribution in [3.63, 3.8) is 0 Å². The van der Waals surface area contributed by atoms with Crippen LogP contribution in [0, 0.1) is 49.1 Å². The number of ether oxygens (including phenoxy) is 1. The molecule has 0 rings (SSSR count). The Labute approximate surface area is 134 Å². The lowest BCUT2D eigenvalue weighted by Crippen LogP contribution is -2.26. The minimum Gasteiger partial charge on any atom is -0.381 e. The summed E-state index contributed by atoms with van der Waals surface area (Å²) in [6, 6.07) is 0. The van der Waals surface area contributed by atoms with Crippen LogP contribution in [0.1, 0.15) is 26.7 Å². The highest BCUT2D eigenvalue weighted by Crippen LogP contribution is 2.40. The van der Waals surface area contributed by atoms with Crippen LogP contribution in [0.25, 0.3) is 0 Å². The van der Waals surface area contributed by atoms with E-state index in [2.05, 4.69) is 30.3 Å². The number of hydrogen-bond donors (Lipinski definition) is 0. The molecule has 0 heterocycles. The highest BCUT2D eigenvalue weighted by atomic mass is 31.2. The molecule has 0 radical (unpaired) electrons. The van der Waals surface area contributed by atoms with E-state index in [0.717, 1.165) is 0 Å². The predicted octanol–water partition coefficient (Wildman–Crippen LogP) is 2.98. The number of hydrogen-bond acceptors (Lipinski definition) is 4. The van der Waals surface area contributed by atoms with Crippen molar-refractivity contribution in [3.05, 3.63) is 6.66 Å². The van der Waals surface area contributed by atoms with E-state index >= 15 is 0 Å². The molecule has 0 aromatic heterocycles. The fourth-order valence-electron chi connectivity index (χ4n) is 1.32. The monoisotopic (exact) mass is 323 g/mol. The van der Waals surface area contributed by atoms with Crippen molar-refractivity contribution in [1.29, 1.82) is 0 Å². The Kier molecular flexibility index (Phi) is 13.6. The van der Waals surface area contributed by atoms with E-state index in [0.29, 0.717) is 12.8 Å². The van der Waals surface area contributed by atoms with Crippen LogP contribution in [0.2, 0.25) is 0 Å². The van der Waals surface area contributed by atoms with Gasteiger partial charge >= 0.3 is 0 Å². The van der Waals surface area contributed by atoms with Crippen LogP contribution in [0.3, 0.4) is 0 Å². The Balaban J connectivity index is 0. The van der Waals surface area contributed by atoms with E-state index in [4.69, 9.17) is 22.1 Å². The average Bonchev–Trinajstić information content (AvgIpc) is 2.47. The van der Waals surface area contributed by atoms with Crippen LogP contribution in [0.15, 0.2) is 0 Å². The quantitative estimate of drug-likeness (QED) is 0.391. The summed E-state index contributed by atoms with van der Waals surface area (Å²) in [4.78, 5) is 11.4. The molecule has 0 N–H and O–H groups in total. The van der Waals surface area contributed by atoms with Gasteiger partial charge in [-0.05, 0) is 37.3 Å². The normalized spacial score (nSPS) is 14.5. The molecule has 0 aromatic carbocycles. The molecule has 0 spiro atoms. The smallest absolute Gasteiger partial charge is 0.133 e. The van der Waals surface area contributed by atoms with E-state index in [1.165, 1.54) is 6.66 Å². The molecule has 0 saturated heterocycles. The fourth-order valence-corrected chi connectivity index (χ4v) is 1.82. The predicted molar refractivity (Wildman–Crippen MR) is 90.2 cm³/mol. The third-order valence-electron chi connectivity index (χ3n) is 2.69. The number of Topliss-reactive ketones (excluding diaryl/α,β-unsaturated/α-hetero) is 1. The van der Waals surface area contributed by atoms with Crippen LogP contribution >= 0.6 is 7.37 Å². The van der Waals surface area contributed by atoms with Gasteiger partial charge in [-0.1, -0.05) is 6.92 Å². The lowest BCUT2D eigenvalue weighted by Gasteiger charge is -2.25. The van der Waals surface area contributed by atoms with Crippen LogP contribution in [-0.4, -0.2) is 32.3 Å². The molecule has 0 aromatic rings. The summed E-state index contributed by atoms with van der Waals surface area (Å²) >= 11 is 0. The van der Waals surface area contributed by atoms with Crippen molar-refractivity contribution in [2.24, 2.45) is 5.92 Å². The number of carbonyl (C=O) groups excluding carboxylic acids is 1. The van der Waals surface area contributed by atoms with Gasteiger partial charge in [-0.15, -0.1) is 12.8 Å². The van der Waals surface area contributed by atoms with Crippen molar-refractivity contribution in [2.45, 2.75) is 32.8 Å². The first kappa shape index (κ1) is 22.8. The van der Waals surface area contributed by atoms with Gasteiger partial charge in [-0.2, -0.15) is 0 Å². The molecular weight excluding hydrogens is 299 g/mol. The second kappa shape index (κ2) is 13.2. The first-order valence-corrected chi connectivity index (χ1v) is 8.99. The number of carbonyl (C=O) groups is 1. The zero-order chi connectivity index (χ0) is 17.6. The minimum atomic E-state index is -2.74. The van der Waals surface area contributed by atoms with Crippen molar-refractivity contribution in [3.8, 4) is 36.5 Å². The molecule has 3 atom stereocenters. The summed E-state index contributed by atoms with van der Waals surface area (Å²) in [6.07, 6.45) is 10.2. The summed E-state index contributed by atoms with van der Waals surface area (Å²) < 4.78 is 21.7. The fraction of sp³-hybridized carbons (Fsp3) is 0.529. The topological polar surface area (TPSA) is 52.6 Å². The molecule has 0 amide bonds. The molecule has 0 fully saturated rings. The van der Waals surface area contributed by atoms with Crippen molar-refractivity contribution < 1.29 is 18.6 Å². The van der Waals surface area contributed by atoms with Gasteiger partial charge in [0.05, 0.1) is 20.1 Å². The molecule has 0 aliphatic carbocycles. The number of rotatable bonds is 8. The largest absolute Gasteiger partial charge is 0.381 e. The van der Waals surface area contributed by atoms with E-state index in [1.807, 2.05) is 13.8 Å². The molecular formula is C17H24O4P-. The molecule has 5 heteroatoms. The summed E-state index contributed by atoms with van der Waals surface area (Å²) in [6.45, 7) is 8.84. The average molecular weight is 323 g/mol. The summed E-state index contributed by atoms with van der Waals surface area (Å²) in [5.74, 6) is 8.71. The minimum absolute atomic E-state index is 0.0625. The molecule has 122 valence electrons. The zero-order valence-electron chi connectivity index (χ0n) is 13.7. The molecule has 0 aliphatic heterocycles. The van der Waals surface area contributed by atoms with Gasteiger partial charge in [0.2, 0.25) is 0 Å². The SMILES string of the molecule is C#CC#CC#C.[CH2-][P@@](C)(=O)OC[C@@H](CC(=O)CC)[C@@H](C)OC. The van der Waals surface area contributed by atoms with Gasteiger partial charge < -0.3 is 13.8 Å². The molecule has 0 bridgehead atoms. The van der Waals surface area contributed by atoms with Gasteiger partial charge in [-0.25, -0.2) is 0 Å². The maximum atomic E-state index is 11.4. The Bertz CT molecular complexity index is 489. The molecule has 0 saturated carbocycles. The van der Waals surface area contributed by atoms with Crippen LogP contribution in [0.5, 0.6) is 0 Å². The van der Waals surface area contributed by atoms with Crippen LogP contribution < -0.4 is 0 Å². The lowest BCUT2D eigenvalue weighted by atomic mass is 9.97. The highest BCUT2D eigenvalue weighted by molar-refractivity contribution is 7.59. The summed E-state index contributed by atoms with van der Waals surface area (Å²) in [7, 11) is -1.15. The van der Waals surface area contributed by atoms with Crippen molar-refractivity contribution in [1.82, 2.24) is 0 Å². The first-order valence-electron chi connectivity index (χ1n) is 6.73. The van der Waals surface area contributed by atoms with E-state index in [1.54, 1.807) is 7.11 Å². The Morgan fingerprint density at radius 3 is 2.14 bits per heavy atom. The molecule has 4 nitrogen and oxygen atoms in total. The van der Waals surface area contributed by atoms with E-state index in [-0.39, 0.29) is 24.4 Å². The van der Waals surface area contributed by atoms with Crippen molar-refractivity contribution >= 4 is 13.2 Å². The second-order valence-corrected chi connectivity index (χ2v) is 6.93. The Morgan fingerprint density at radius 1 is 1.32 bits per heavy atom. The van der Waals surface area contributed by atoms with Gasteiger partial charge in [0.1, 0.15) is 5.78 Å². The molecule has 0 unspecified atom stereocenters. The summed E-state index contributed by atoms with van der Waals surface area (Å²) in [5.41, 5.74) is 0. The molecule has 22 heavy (non-hydrogen) atoms. The third kappa shape index (κ3) is 14.9. The zero-order valence-corrected chi connectivity index (χ0v) is 14.6. The van der Waals surface area contributed by atoms with Gasteiger partial charge in [0, 0.05) is 25.9 Å². The van der Waals surface area contributed by atoms with Crippen LogP contribution in [0.4, 0.5) is 0 Å². The number of ketones is 1. The number of terminal acetylenes is 2. The maximum absolute atomic E-state index is 11.4. The van der Waals surface area contributed by atoms with E-state index in [9.17, 15) is 9.36 Å². The van der Waals surface area contributed by atoms with Gasteiger partial charge in [0.15, 0.2) is 0 Å². The molecule has 0 aliphatic rings. The van der Waals surface area contributed by atoms with Crippen molar-refractivity contribution in [2.75, 3.05) is 20.4 Å². The lowest BCUT2D eigenvalue weighted by molar-refractivity contribution is -0.121. The van der Waals surface area contributed by atoms with Crippen LogP contribution in [-0.2, 0) is 18.6 Å². The Hall–Kier alpha value is -1.50. The maximum Gasteiger partial charge on any atom is 0.133 e. The van der Waals surface area contributed by atoms with Gasteiger partial charge in [0.25, 0.3) is 0 Å². The highest BCUT2D eigenvalue weighted by Gasteiger charge is 2.21. The summed E-state index contributed by atoms with van der Waals surface area (Å²) in [5, 5.41) is 0. The van der Waals surface area contributed by atoms with Gasteiger partial charge in [-0.3, -0.25) is 11.5 Å². The Morgan fingerprint density at radius 2 is 1.82 bits per heavy atom. The first-order chi connectivity index (χ1) is 10.2. The number of methoxy groups -OCH3 is 1. The second-order valence-electron chi connectivity index (χ2n) is 4.65. The van der Waals surface area contributed by atoms with E-state index < -0.39 is 7.37 Å².